The number of piperidine rings is 1. The summed E-state index contributed by atoms with van der Waals surface area (Å²) in [6.07, 6.45) is 5.85. The maximum atomic E-state index is 10.7. The van der Waals surface area contributed by atoms with E-state index in [-0.39, 0.29) is 11.5 Å². The molecule has 3 N–H and O–H groups in total. The van der Waals surface area contributed by atoms with Crippen LogP contribution in [-0.2, 0) is 0 Å². The molecule has 8 nitrogen and oxygen atoms in total. The summed E-state index contributed by atoms with van der Waals surface area (Å²) in [7, 11) is 0. The minimum absolute atomic E-state index is 0.0711. The van der Waals surface area contributed by atoms with Gasteiger partial charge in [-0.05, 0) is 25.7 Å². The molecule has 1 aromatic heterocycles. The highest BCUT2D eigenvalue weighted by Gasteiger charge is 2.28. The Bertz CT molecular complexity index is 511. The summed E-state index contributed by atoms with van der Waals surface area (Å²) in [6, 6.07) is 1.28. The van der Waals surface area contributed by atoms with Crippen LogP contribution < -0.4 is 16.0 Å². The molecule has 0 unspecified atom stereocenters. The number of anilines is 2. The molecule has 0 bridgehead atoms. The third-order valence-corrected chi connectivity index (χ3v) is 3.81. The summed E-state index contributed by atoms with van der Waals surface area (Å²) in [5.74, 6) is 0.413. The van der Waals surface area contributed by atoms with Crippen LogP contribution in [0.25, 0.3) is 0 Å². The molecule has 0 spiro atoms. The normalized spacial score (nSPS) is 20.1. The van der Waals surface area contributed by atoms with E-state index in [2.05, 4.69) is 15.3 Å². The van der Waals surface area contributed by atoms with Gasteiger partial charge in [-0.25, -0.2) is 4.98 Å². The van der Waals surface area contributed by atoms with Crippen molar-refractivity contribution in [3.05, 3.63) is 16.3 Å². The number of nitro groups is 1. The summed E-state index contributed by atoms with van der Waals surface area (Å²) in [5.41, 5.74) is 5.36. The van der Waals surface area contributed by atoms with Crippen molar-refractivity contribution in [3.8, 4) is 0 Å². The largest absolute Gasteiger partial charge is 0.378 e. The highest BCUT2D eigenvalue weighted by atomic mass is 16.6. The Morgan fingerprint density at radius 1 is 1.30 bits per heavy atom. The van der Waals surface area contributed by atoms with Gasteiger partial charge in [0, 0.05) is 25.2 Å². The molecule has 3 rings (SSSR count). The van der Waals surface area contributed by atoms with Crippen LogP contribution in [0.15, 0.2) is 6.20 Å². The zero-order valence-electron chi connectivity index (χ0n) is 11.2. The van der Waals surface area contributed by atoms with Gasteiger partial charge in [0.15, 0.2) is 0 Å². The number of nitrogen functional groups attached to an aromatic ring is 1. The summed E-state index contributed by atoms with van der Waals surface area (Å²) < 4.78 is 0. The van der Waals surface area contributed by atoms with Crippen molar-refractivity contribution in [3.63, 3.8) is 0 Å². The lowest BCUT2D eigenvalue weighted by Crippen LogP contribution is -2.43. The van der Waals surface area contributed by atoms with E-state index in [0.29, 0.717) is 12.0 Å². The first-order valence-electron chi connectivity index (χ1n) is 6.91. The van der Waals surface area contributed by atoms with Gasteiger partial charge in [0.2, 0.25) is 11.8 Å². The van der Waals surface area contributed by atoms with Gasteiger partial charge < -0.3 is 16.0 Å². The van der Waals surface area contributed by atoms with Crippen molar-refractivity contribution < 1.29 is 4.92 Å². The Morgan fingerprint density at radius 3 is 2.50 bits per heavy atom. The SMILES string of the molecule is Nc1nc(N2CCC(NC3CC3)CC2)ncc1[N+](=O)[O-]. The van der Waals surface area contributed by atoms with Gasteiger partial charge in [-0.3, -0.25) is 10.1 Å². The standard InChI is InChI=1S/C12H18N6O2/c13-11-10(18(19)20)7-14-12(16-11)17-5-3-9(4-6-17)15-8-1-2-8/h7-9,15H,1-6H2,(H2,13,14,16). The lowest BCUT2D eigenvalue weighted by Gasteiger charge is -2.32. The second kappa shape index (κ2) is 5.20. The fourth-order valence-corrected chi connectivity index (χ4v) is 2.50. The molecule has 0 atom stereocenters. The van der Waals surface area contributed by atoms with Crippen molar-refractivity contribution in [2.45, 2.75) is 37.8 Å². The Labute approximate surface area is 116 Å². The van der Waals surface area contributed by atoms with Gasteiger partial charge >= 0.3 is 5.69 Å². The lowest BCUT2D eigenvalue weighted by molar-refractivity contribution is -0.384. The predicted molar refractivity (Wildman–Crippen MR) is 74.5 cm³/mol. The number of nitrogens with zero attached hydrogens (tertiary/aromatic N) is 4. The molecule has 0 radical (unpaired) electrons. The number of hydrogen-bond acceptors (Lipinski definition) is 7. The number of rotatable bonds is 4. The number of nitrogens with two attached hydrogens (primary N) is 1. The first kappa shape index (κ1) is 13.0. The third kappa shape index (κ3) is 2.79. The van der Waals surface area contributed by atoms with E-state index in [9.17, 15) is 10.1 Å². The van der Waals surface area contributed by atoms with Gasteiger partial charge in [-0.2, -0.15) is 4.98 Å². The molecular formula is C12H18N6O2. The molecule has 20 heavy (non-hydrogen) atoms. The summed E-state index contributed by atoms with van der Waals surface area (Å²) >= 11 is 0. The van der Waals surface area contributed by atoms with Gasteiger partial charge in [0.1, 0.15) is 6.20 Å². The Morgan fingerprint density at radius 2 is 1.95 bits per heavy atom. The topological polar surface area (TPSA) is 110 Å². The molecule has 2 aliphatic rings. The Kier molecular flexibility index (Phi) is 3.39. The fraction of sp³-hybridized carbons (Fsp3) is 0.667. The third-order valence-electron chi connectivity index (χ3n) is 3.81. The maximum absolute atomic E-state index is 10.7. The minimum Gasteiger partial charge on any atom is -0.378 e. The molecule has 0 amide bonds. The quantitative estimate of drug-likeness (QED) is 0.615. The second-order valence-corrected chi connectivity index (χ2v) is 5.40. The Hall–Kier alpha value is -1.96. The van der Waals surface area contributed by atoms with Crippen LogP contribution in [0.2, 0.25) is 0 Å². The van der Waals surface area contributed by atoms with Crippen molar-refractivity contribution in [2.24, 2.45) is 0 Å². The van der Waals surface area contributed by atoms with E-state index in [1.165, 1.54) is 19.0 Å². The molecule has 1 saturated heterocycles. The molecule has 108 valence electrons. The van der Waals surface area contributed by atoms with E-state index in [1.807, 2.05) is 4.90 Å². The van der Waals surface area contributed by atoms with Crippen LogP contribution in [0.4, 0.5) is 17.5 Å². The molecular weight excluding hydrogens is 260 g/mol. The van der Waals surface area contributed by atoms with Gasteiger partial charge in [0.25, 0.3) is 0 Å². The smallest absolute Gasteiger partial charge is 0.329 e. The molecule has 1 aliphatic carbocycles. The van der Waals surface area contributed by atoms with Gasteiger partial charge in [-0.1, -0.05) is 0 Å². The molecule has 1 aromatic rings. The average Bonchev–Trinajstić information content (AvgIpc) is 3.23. The summed E-state index contributed by atoms with van der Waals surface area (Å²) in [6.45, 7) is 1.70. The molecule has 2 heterocycles. The highest BCUT2D eigenvalue weighted by Crippen LogP contribution is 2.25. The minimum atomic E-state index is -0.565. The average molecular weight is 278 g/mol. The van der Waals surface area contributed by atoms with Crippen molar-refractivity contribution in [2.75, 3.05) is 23.7 Å². The van der Waals surface area contributed by atoms with Crippen LogP contribution in [-0.4, -0.2) is 40.1 Å². The van der Waals surface area contributed by atoms with Gasteiger partial charge in [-0.15, -0.1) is 0 Å². The lowest BCUT2D eigenvalue weighted by atomic mass is 10.1. The van der Waals surface area contributed by atoms with E-state index >= 15 is 0 Å². The summed E-state index contributed by atoms with van der Waals surface area (Å²) in [4.78, 5) is 20.3. The zero-order valence-corrected chi connectivity index (χ0v) is 11.2. The molecule has 8 heteroatoms. The molecule has 1 aliphatic heterocycles. The van der Waals surface area contributed by atoms with Crippen LogP contribution >= 0.6 is 0 Å². The van der Waals surface area contributed by atoms with E-state index in [1.54, 1.807) is 0 Å². The maximum Gasteiger partial charge on any atom is 0.329 e. The van der Waals surface area contributed by atoms with E-state index in [0.717, 1.165) is 32.0 Å². The molecule has 2 fully saturated rings. The molecule has 0 aromatic carbocycles. The first-order valence-corrected chi connectivity index (χ1v) is 6.91. The number of aromatic nitrogens is 2. The van der Waals surface area contributed by atoms with Crippen molar-refractivity contribution >= 4 is 17.5 Å². The van der Waals surface area contributed by atoms with E-state index < -0.39 is 4.92 Å². The Balaban J connectivity index is 1.62. The number of hydrogen-bond donors (Lipinski definition) is 2. The first-order chi connectivity index (χ1) is 9.63. The second-order valence-electron chi connectivity index (χ2n) is 5.40. The van der Waals surface area contributed by atoms with Crippen LogP contribution in [0.1, 0.15) is 25.7 Å². The number of nitrogens with one attached hydrogen (secondary N) is 1. The van der Waals surface area contributed by atoms with Gasteiger partial charge in [0.05, 0.1) is 4.92 Å². The highest BCUT2D eigenvalue weighted by molar-refractivity contribution is 5.53. The summed E-state index contributed by atoms with van der Waals surface area (Å²) in [5, 5.41) is 14.3. The molecule has 1 saturated carbocycles. The van der Waals surface area contributed by atoms with Crippen molar-refractivity contribution in [1.29, 1.82) is 0 Å². The van der Waals surface area contributed by atoms with E-state index in [4.69, 9.17) is 5.73 Å². The fourth-order valence-electron chi connectivity index (χ4n) is 2.50. The zero-order chi connectivity index (χ0) is 14.1. The van der Waals surface area contributed by atoms with Crippen LogP contribution in [0.5, 0.6) is 0 Å². The monoisotopic (exact) mass is 278 g/mol. The van der Waals surface area contributed by atoms with Crippen LogP contribution in [0, 0.1) is 10.1 Å². The van der Waals surface area contributed by atoms with Crippen molar-refractivity contribution in [1.82, 2.24) is 15.3 Å². The predicted octanol–water partition coefficient (Wildman–Crippen LogP) is 0.688. The van der Waals surface area contributed by atoms with Crippen LogP contribution in [0.3, 0.4) is 0 Å².